The van der Waals surface area contributed by atoms with Crippen molar-refractivity contribution in [1.82, 2.24) is 14.6 Å². The van der Waals surface area contributed by atoms with E-state index in [9.17, 15) is 14.7 Å². The quantitative estimate of drug-likeness (QED) is 0.531. The SMILES string of the molecule is CCCCn1c(O)c(C2=NN(C(=O)CC)[C@@H](c3ccc(N(CC)CC)cc3)C2)c(=O)[nH]c1=S. The second-order valence-electron chi connectivity index (χ2n) is 8.09. The fourth-order valence-electron chi connectivity index (χ4n) is 4.15. The average molecular weight is 472 g/mol. The number of aromatic nitrogens is 2. The van der Waals surface area contributed by atoms with Crippen molar-refractivity contribution >= 4 is 29.5 Å². The molecule has 1 amide bonds. The van der Waals surface area contributed by atoms with E-state index in [-0.39, 0.29) is 34.6 Å². The van der Waals surface area contributed by atoms with Gasteiger partial charge in [-0.05, 0) is 50.2 Å². The van der Waals surface area contributed by atoms with Crippen LogP contribution >= 0.6 is 12.2 Å². The minimum absolute atomic E-state index is 0.0795. The molecule has 2 N–H and O–H groups in total. The summed E-state index contributed by atoms with van der Waals surface area (Å²) in [4.78, 5) is 30.4. The summed E-state index contributed by atoms with van der Waals surface area (Å²) < 4.78 is 1.70. The third kappa shape index (κ3) is 5.03. The Morgan fingerprint density at radius 1 is 1.21 bits per heavy atom. The van der Waals surface area contributed by atoms with Gasteiger partial charge in [0, 0.05) is 38.2 Å². The van der Waals surface area contributed by atoms with Gasteiger partial charge in [0.05, 0.1) is 11.8 Å². The Balaban J connectivity index is 2.01. The van der Waals surface area contributed by atoms with E-state index in [1.54, 1.807) is 6.92 Å². The first kappa shape index (κ1) is 24.7. The molecule has 1 aliphatic rings. The third-order valence-electron chi connectivity index (χ3n) is 6.07. The molecule has 1 atom stereocenters. The molecule has 0 saturated carbocycles. The summed E-state index contributed by atoms with van der Waals surface area (Å²) in [5.74, 6) is -0.338. The number of carbonyl (C=O) groups is 1. The van der Waals surface area contributed by atoms with Gasteiger partial charge < -0.3 is 10.0 Å². The smallest absolute Gasteiger partial charge is 0.264 e. The second kappa shape index (κ2) is 10.8. The van der Waals surface area contributed by atoms with Crippen LogP contribution in [0.2, 0.25) is 0 Å². The molecule has 9 heteroatoms. The van der Waals surface area contributed by atoms with E-state index in [4.69, 9.17) is 12.2 Å². The number of aromatic amines is 1. The summed E-state index contributed by atoms with van der Waals surface area (Å²) in [5.41, 5.74) is 2.01. The number of aromatic hydroxyl groups is 1. The normalized spacial score (nSPS) is 15.6. The number of nitrogens with zero attached hydrogens (tertiary/aromatic N) is 4. The fraction of sp³-hybridized carbons (Fsp3) is 0.500. The van der Waals surface area contributed by atoms with Crippen LogP contribution in [-0.2, 0) is 11.3 Å². The number of hydrogen-bond donors (Lipinski definition) is 2. The number of carbonyl (C=O) groups excluding carboxylic acids is 1. The maximum Gasteiger partial charge on any atom is 0.264 e. The zero-order chi connectivity index (χ0) is 24.1. The molecule has 2 aromatic rings. The van der Waals surface area contributed by atoms with Crippen LogP contribution < -0.4 is 10.5 Å². The highest BCUT2D eigenvalue weighted by Gasteiger charge is 2.35. The predicted molar refractivity (Wildman–Crippen MR) is 133 cm³/mol. The number of unbranched alkanes of at least 4 members (excludes halogenated alkanes) is 1. The summed E-state index contributed by atoms with van der Waals surface area (Å²) in [6.45, 7) is 10.4. The van der Waals surface area contributed by atoms with Crippen molar-refractivity contribution in [3.8, 4) is 5.88 Å². The molecule has 0 radical (unpaired) electrons. The number of rotatable bonds is 9. The zero-order valence-corrected chi connectivity index (χ0v) is 20.6. The predicted octanol–water partition coefficient (Wildman–Crippen LogP) is 4.35. The topological polar surface area (TPSA) is 93.9 Å². The van der Waals surface area contributed by atoms with Gasteiger partial charge in [0.15, 0.2) is 4.77 Å². The highest BCUT2D eigenvalue weighted by atomic mass is 32.1. The fourth-order valence-corrected chi connectivity index (χ4v) is 4.42. The summed E-state index contributed by atoms with van der Waals surface area (Å²) >= 11 is 5.25. The minimum atomic E-state index is -0.495. The van der Waals surface area contributed by atoms with E-state index in [0.29, 0.717) is 18.7 Å². The summed E-state index contributed by atoms with van der Waals surface area (Å²) in [6, 6.07) is 7.76. The van der Waals surface area contributed by atoms with Gasteiger partial charge in [-0.1, -0.05) is 32.4 Å². The van der Waals surface area contributed by atoms with Crippen molar-refractivity contribution < 1.29 is 9.90 Å². The van der Waals surface area contributed by atoms with Crippen LogP contribution in [0.15, 0.2) is 34.2 Å². The lowest BCUT2D eigenvalue weighted by Gasteiger charge is -2.24. The molecule has 0 unspecified atom stereocenters. The molecule has 1 aromatic heterocycles. The van der Waals surface area contributed by atoms with Crippen molar-refractivity contribution in [3.63, 3.8) is 0 Å². The number of amides is 1. The van der Waals surface area contributed by atoms with Crippen molar-refractivity contribution in [1.29, 1.82) is 0 Å². The highest BCUT2D eigenvalue weighted by Crippen LogP contribution is 2.35. The van der Waals surface area contributed by atoms with Gasteiger partial charge in [-0.15, -0.1) is 0 Å². The molecule has 0 spiro atoms. The van der Waals surface area contributed by atoms with Crippen molar-refractivity contribution in [2.75, 3.05) is 18.0 Å². The van der Waals surface area contributed by atoms with Crippen LogP contribution in [0, 0.1) is 4.77 Å². The van der Waals surface area contributed by atoms with E-state index in [1.807, 2.05) is 31.2 Å². The van der Waals surface area contributed by atoms with Crippen molar-refractivity contribution in [2.24, 2.45) is 5.10 Å². The monoisotopic (exact) mass is 471 g/mol. The molecule has 1 aliphatic heterocycles. The summed E-state index contributed by atoms with van der Waals surface area (Å²) in [5, 5.41) is 16.9. The molecule has 33 heavy (non-hydrogen) atoms. The first-order chi connectivity index (χ1) is 15.9. The van der Waals surface area contributed by atoms with Crippen LogP contribution in [0.25, 0.3) is 0 Å². The lowest BCUT2D eigenvalue weighted by atomic mass is 9.98. The van der Waals surface area contributed by atoms with Gasteiger partial charge in [0.2, 0.25) is 11.8 Å². The number of anilines is 1. The lowest BCUT2D eigenvalue weighted by Crippen LogP contribution is -2.26. The number of hydrazone groups is 1. The summed E-state index contributed by atoms with van der Waals surface area (Å²) in [6.07, 6.45) is 2.34. The Kier molecular flexibility index (Phi) is 8.07. The number of H-pyrrole nitrogens is 1. The third-order valence-corrected chi connectivity index (χ3v) is 6.39. The van der Waals surface area contributed by atoms with Gasteiger partial charge in [0.1, 0.15) is 5.56 Å². The maximum absolute atomic E-state index is 12.8. The second-order valence-corrected chi connectivity index (χ2v) is 8.47. The Labute approximate surface area is 199 Å². The lowest BCUT2D eigenvalue weighted by molar-refractivity contribution is -0.132. The van der Waals surface area contributed by atoms with Crippen LogP contribution in [-0.4, -0.2) is 44.4 Å². The first-order valence-corrected chi connectivity index (χ1v) is 12.1. The molecule has 0 aliphatic carbocycles. The number of hydrogen-bond acceptors (Lipinski definition) is 6. The molecule has 0 saturated heterocycles. The van der Waals surface area contributed by atoms with Crippen LogP contribution in [0.4, 0.5) is 5.69 Å². The van der Waals surface area contributed by atoms with Gasteiger partial charge in [-0.3, -0.25) is 19.1 Å². The Morgan fingerprint density at radius 2 is 1.88 bits per heavy atom. The molecular weight excluding hydrogens is 438 g/mol. The zero-order valence-electron chi connectivity index (χ0n) is 19.8. The Hall–Kier alpha value is -2.94. The summed E-state index contributed by atoms with van der Waals surface area (Å²) in [7, 11) is 0. The molecule has 3 rings (SSSR count). The van der Waals surface area contributed by atoms with Crippen molar-refractivity contribution in [2.45, 2.75) is 66.0 Å². The average Bonchev–Trinajstić information content (AvgIpc) is 3.24. The first-order valence-electron chi connectivity index (χ1n) is 11.7. The Bertz CT molecular complexity index is 1130. The molecule has 2 heterocycles. The van der Waals surface area contributed by atoms with Crippen LogP contribution in [0.1, 0.15) is 70.5 Å². The van der Waals surface area contributed by atoms with E-state index < -0.39 is 5.56 Å². The van der Waals surface area contributed by atoms with Gasteiger partial charge >= 0.3 is 0 Å². The Morgan fingerprint density at radius 3 is 2.45 bits per heavy atom. The minimum Gasteiger partial charge on any atom is -0.494 e. The van der Waals surface area contributed by atoms with E-state index in [2.05, 4.69) is 28.8 Å². The number of benzene rings is 1. The molecule has 178 valence electrons. The van der Waals surface area contributed by atoms with E-state index >= 15 is 0 Å². The van der Waals surface area contributed by atoms with E-state index in [0.717, 1.165) is 37.2 Å². The van der Waals surface area contributed by atoms with E-state index in [1.165, 1.54) is 9.58 Å². The largest absolute Gasteiger partial charge is 0.494 e. The maximum atomic E-state index is 12.8. The van der Waals surface area contributed by atoms with Crippen LogP contribution in [0.5, 0.6) is 5.88 Å². The molecule has 1 aromatic carbocycles. The standard InChI is InChI=1S/C24H33N5O3S/c1-5-9-14-28-23(32)21(22(31)25-24(28)33)18-15-19(29(26-18)20(30)6-2)16-10-12-17(13-11-16)27(7-3)8-4/h10-13,19,32H,5-9,14-15H2,1-4H3,(H,25,31,33)/t19-/m1/s1. The van der Waals surface area contributed by atoms with Gasteiger partial charge in [-0.2, -0.15) is 5.10 Å². The molecular formula is C24H33N5O3S. The highest BCUT2D eigenvalue weighted by molar-refractivity contribution is 7.71. The molecule has 0 bridgehead atoms. The van der Waals surface area contributed by atoms with Gasteiger partial charge in [-0.25, -0.2) is 5.01 Å². The van der Waals surface area contributed by atoms with Crippen molar-refractivity contribution in [3.05, 3.63) is 50.5 Å². The van der Waals surface area contributed by atoms with Crippen LogP contribution in [0.3, 0.4) is 0 Å². The molecule has 0 fully saturated rings. The molecule has 8 nitrogen and oxygen atoms in total. The van der Waals surface area contributed by atoms with Gasteiger partial charge in [0.25, 0.3) is 5.56 Å². The number of nitrogens with one attached hydrogen (secondary N) is 1.